The largest absolute Gasteiger partial charge is 0.352 e. The molecule has 1 aromatic carbocycles. The first kappa shape index (κ1) is 18.4. The number of H-pyrrole nitrogens is 1. The number of aryl methyl sites for hydroxylation is 1. The van der Waals surface area contributed by atoms with Crippen LogP contribution in [0.2, 0.25) is 0 Å². The van der Waals surface area contributed by atoms with E-state index in [9.17, 15) is 9.59 Å². The number of rotatable bonds is 6. The van der Waals surface area contributed by atoms with Gasteiger partial charge in [-0.25, -0.2) is 4.79 Å². The smallest absolute Gasteiger partial charge is 0.326 e. The molecule has 4 rings (SSSR count). The van der Waals surface area contributed by atoms with Gasteiger partial charge >= 0.3 is 5.69 Å². The Labute approximate surface area is 163 Å². The van der Waals surface area contributed by atoms with Gasteiger partial charge in [-0.1, -0.05) is 18.2 Å². The topological polar surface area (TPSA) is 83.0 Å². The number of hydrogen-bond donors (Lipinski definition) is 2. The van der Waals surface area contributed by atoms with Gasteiger partial charge < -0.3 is 10.3 Å². The van der Waals surface area contributed by atoms with E-state index in [1.165, 1.54) is 0 Å². The molecule has 3 heterocycles. The number of likely N-dealkylation sites (tertiary alicyclic amines) is 1. The molecule has 1 saturated heterocycles. The van der Waals surface area contributed by atoms with Crippen LogP contribution in [0.25, 0.3) is 11.0 Å². The Kier molecular flexibility index (Phi) is 5.53. The molecule has 1 aliphatic heterocycles. The second-order valence-electron chi connectivity index (χ2n) is 7.31. The van der Waals surface area contributed by atoms with Crippen LogP contribution in [0.5, 0.6) is 0 Å². The number of amides is 1. The Morgan fingerprint density at radius 1 is 1.21 bits per heavy atom. The maximum absolute atomic E-state index is 12.5. The summed E-state index contributed by atoms with van der Waals surface area (Å²) in [4.78, 5) is 34.1. The summed E-state index contributed by atoms with van der Waals surface area (Å²) in [7, 11) is 0. The third kappa shape index (κ3) is 4.31. The average Bonchev–Trinajstić information content (AvgIpc) is 3.02. The molecular weight excluding hydrogens is 354 g/mol. The van der Waals surface area contributed by atoms with Gasteiger partial charge in [0.05, 0.1) is 16.7 Å². The van der Waals surface area contributed by atoms with Crippen molar-refractivity contribution in [3.63, 3.8) is 0 Å². The molecule has 146 valence electrons. The molecule has 0 spiro atoms. The number of aromatic nitrogens is 3. The quantitative estimate of drug-likeness (QED) is 0.685. The summed E-state index contributed by atoms with van der Waals surface area (Å²) in [5, 5.41) is 3.14. The molecule has 2 aromatic heterocycles. The Bertz CT molecular complexity index is 995. The van der Waals surface area contributed by atoms with E-state index in [0.29, 0.717) is 13.0 Å². The average molecular weight is 379 g/mol. The van der Waals surface area contributed by atoms with Crippen molar-refractivity contribution < 1.29 is 4.79 Å². The highest BCUT2D eigenvalue weighted by atomic mass is 16.2. The molecule has 3 aromatic rings. The predicted molar refractivity (Wildman–Crippen MR) is 108 cm³/mol. The fourth-order valence-electron chi connectivity index (χ4n) is 3.88. The first-order valence-electron chi connectivity index (χ1n) is 9.78. The number of nitrogens with one attached hydrogen (secondary N) is 2. The Balaban J connectivity index is 1.31. The van der Waals surface area contributed by atoms with E-state index in [0.717, 1.165) is 49.2 Å². The van der Waals surface area contributed by atoms with E-state index in [2.05, 4.69) is 20.2 Å². The molecule has 1 atom stereocenters. The number of hydrogen-bond acceptors (Lipinski definition) is 4. The maximum Gasteiger partial charge on any atom is 0.326 e. The van der Waals surface area contributed by atoms with Gasteiger partial charge in [0.1, 0.15) is 0 Å². The highest BCUT2D eigenvalue weighted by molar-refractivity contribution is 5.77. The molecule has 1 unspecified atom stereocenters. The molecule has 7 nitrogen and oxygen atoms in total. The molecule has 1 aliphatic rings. The molecule has 0 aliphatic carbocycles. The first-order chi connectivity index (χ1) is 13.7. The van der Waals surface area contributed by atoms with Crippen molar-refractivity contribution in [3.8, 4) is 0 Å². The van der Waals surface area contributed by atoms with Crippen molar-refractivity contribution in [1.29, 1.82) is 0 Å². The van der Waals surface area contributed by atoms with Crippen LogP contribution < -0.4 is 11.0 Å². The van der Waals surface area contributed by atoms with Gasteiger partial charge in [-0.05, 0) is 43.7 Å². The summed E-state index contributed by atoms with van der Waals surface area (Å²) < 4.78 is 1.63. The minimum atomic E-state index is -0.173. The lowest BCUT2D eigenvalue weighted by Crippen LogP contribution is -2.47. The summed E-state index contributed by atoms with van der Waals surface area (Å²) in [6.07, 6.45) is 4.14. The van der Waals surface area contributed by atoms with Gasteiger partial charge in [0.15, 0.2) is 0 Å². The van der Waals surface area contributed by atoms with Crippen LogP contribution in [-0.2, 0) is 17.9 Å². The van der Waals surface area contributed by atoms with Crippen molar-refractivity contribution in [2.75, 3.05) is 13.1 Å². The monoisotopic (exact) mass is 379 g/mol. The Morgan fingerprint density at radius 3 is 2.93 bits per heavy atom. The standard InChI is InChI=1S/C21H25N5O2/c27-20(10-13-26-19-9-2-1-8-18(19)24-21(26)28)23-17-7-5-12-25(15-17)14-16-6-3-4-11-22-16/h1-4,6,8-9,11,17H,5,7,10,12-15H2,(H,23,27)(H,24,28). The Hall–Kier alpha value is -2.93. The number of carbonyl (C=O) groups excluding carboxylic acids is 1. The van der Waals surface area contributed by atoms with E-state index >= 15 is 0 Å². The van der Waals surface area contributed by atoms with Crippen LogP contribution in [0.4, 0.5) is 0 Å². The fourth-order valence-corrected chi connectivity index (χ4v) is 3.88. The van der Waals surface area contributed by atoms with Crippen molar-refractivity contribution in [3.05, 3.63) is 64.8 Å². The zero-order chi connectivity index (χ0) is 19.3. The number of para-hydroxylation sites is 2. The predicted octanol–water partition coefficient (Wildman–Crippen LogP) is 1.90. The van der Waals surface area contributed by atoms with Crippen LogP contribution >= 0.6 is 0 Å². The molecule has 1 fully saturated rings. The van der Waals surface area contributed by atoms with Gasteiger partial charge in [0.25, 0.3) is 0 Å². The van der Waals surface area contributed by atoms with Gasteiger partial charge in [0.2, 0.25) is 5.91 Å². The minimum absolute atomic E-state index is 0.0122. The Morgan fingerprint density at radius 2 is 2.07 bits per heavy atom. The van der Waals surface area contributed by atoms with E-state index in [1.54, 1.807) is 4.57 Å². The molecular formula is C21H25N5O2. The molecule has 7 heteroatoms. The van der Waals surface area contributed by atoms with Crippen LogP contribution in [0.15, 0.2) is 53.5 Å². The summed E-state index contributed by atoms with van der Waals surface area (Å²) in [5.41, 5.74) is 2.51. The number of carbonyl (C=O) groups is 1. The maximum atomic E-state index is 12.5. The number of aromatic amines is 1. The first-order valence-corrected chi connectivity index (χ1v) is 9.78. The number of benzene rings is 1. The number of imidazole rings is 1. The minimum Gasteiger partial charge on any atom is -0.352 e. The highest BCUT2D eigenvalue weighted by Crippen LogP contribution is 2.13. The van der Waals surface area contributed by atoms with Crippen LogP contribution in [0, 0.1) is 0 Å². The third-order valence-electron chi connectivity index (χ3n) is 5.23. The lowest BCUT2D eigenvalue weighted by Gasteiger charge is -2.32. The third-order valence-corrected chi connectivity index (χ3v) is 5.23. The van der Waals surface area contributed by atoms with Gasteiger partial charge in [-0.3, -0.25) is 19.2 Å². The second kappa shape index (κ2) is 8.39. The SMILES string of the molecule is O=C(CCn1c(=O)[nH]c2ccccc21)NC1CCCN(Cc2ccccn2)C1. The summed E-state index contributed by atoms with van der Waals surface area (Å²) in [5.74, 6) is -0.0122. The highest BCUT2D eigenvalue weighted by Gasteiger charge is 2.21. The summed E-state index contributed by atoms with van der Waals surface area (Å²) in [6.45, 7) is 3.03. The van der Waals surface area contributed by atoms with Gasteiger partial charge in [-0.2, -0.15) is 0 Å². The van der Waals surface area contributed by atoms with E-state index in [4.69, 9.17) is 0 Å². The van der Waals surface area contributed by atoms with Crippen molar-refractivity contribution in [2.24, 2.45) is 0 Å². The zero-order valence-electron chi connectivity index (χ0n) is 15.8. The van der Waals surface area contributed by atoms with Crippen LogP contribution in [0.3, 0.4) is 0 Å². The number of pyridine rings is 1. The second-order valence-corrected chi connectivity index (χ2v) is 7.31. The van der Waals surface area contributed by atoms with Gasteiger partial charge in [-0.15, -0.1) is 0 Å². The number of nitrogens with zero attached hydrogens (tertiary/aromatic N) is 3. The molecule has 0 bridgehead atoms. The van der Waals surface area contributed by atoms with E-state index < -0.39 is 0 Å². The molecule has 1 amide bonds. The lowest BCUT2D eigenvalue weighted by atomic mass is 10.1. The summed E-state index contributed by atoms with van der Waals surface area (Å²) >= 11 is 0. The van der Waals surface area contributed by atoms with Crippen molar-refractivity contribution >= 4 is 16.9 Å². The summed E-state index contributed by atoms with van der Waals surface area (Å²) in [6, 6.07) is 13.6. The normalized spacial score (nSPS) is 17.6. The molecule has 2 N–H and O–H groups in total. The molecule has 0 radical (unpaired) electrons. The van der Waals surface area contributed by atoms with E-state index in [1.807, 2.05) is 48.7 Å². The number of piperidine rings is 1. The van der Waals surface area contributed by atoms with Crippen molar-refractivity contribution in [1.82, 2.24) is 24.8 Å². The molecule has 28 heavy (non-hydrogen) atoms. The lowest BCUT2D eigenvalue weighted by molar-refractivity contribution is -0.122. The van der Waals surface area contributed by atoms with Crippen molar-refractivity contribution in [2.45, 2.75) is 38.4 Å². The fraction of sp³-hybridized carbons (Fsp3) is 0.381. The van der Waals surface area contributed by atoms with Gasteiger partial charge in [0, 0.05) is 38.3 Å². The molecule has 0 saturated carbocycles. The van der Waals surface area contributed by atoms with E-state index in [-0.39, 0.29) is 17.6 Å². The van der Waals surface area contributed by atoms with Crippen LogP contribution in [0.1, 0.15) is 25.0 Å². The zero-order valence-corrected chi connectivity index (χ0v) is 15.8. The van der Waals surface area contributed by atoms with Crippen LogP contribution in [-0.4, -0.2) is 44.5 Å². The number of fused-ring (bicyclic) bond motifs is 1.